The number of nitrogens with one attached hydrogen (secondary N) is 1. The second-order valence-corrected chi connectivity index (χ2v) is 5.50. The third kappa shape index (κ3) is 3.43. The summed E-state index contributed by atoms with van der Waals surface area (Å²) in [7, 11) is 0. The number of halogens is 1. The number of carboxylic acid groups (broad SMARTS) is 1. The molecule has 8 heteroatoms. The van der Waals surface area contributed by atoms with Crippen LogP contribution in [-0.2, 0) is 9.59 Å². The van der Waals surface area contributed by atoms with Gasteiger partial charge in [0.05, 0.1) is 22.9 Å². The lowest BCUT2D eigenvalue weighted by Gasteiger charge is -2.15. The molecule has 2 rings (SSSR count). The van der Waals surface area contributed by atoms with Crippen LogP contribution in [0.3, 0.4) is 0 Å². The summed E-state index contributed by atoms with van der Waals surface area (Å²) < 4.78 is 0. The highest BCUT2D eigenvalue weighted by atomic mass is 35.5. The van der Waals surface area contributed by atoms with Crippen LogP contribution in [-0.4, -0.2) is 46.0 Å². The van der Waals surface area contributed by atoms with Crippen molar-refractivity contribution in [2.75, 3.05) is 23.5 Å². The molecule has 0 unspecified atom stereocenters. The number of nitrogens with zero attached hydrogens (tertiary/aromatic N) is 1. The molecule has 0 saturated carbocycles. The van der Waals surface area contributed by atoms with E-state index in [-0.39, 0.29) is 28.7 Å². The Kier molecular flexibility index (Phi) is 4.51. The molecule has 1 heterocycles. The average molecular weight is 315 g/mol. The quantitative estimate of drug-likeness (QED) is 0.879. The van der Waals surface area contributed by atoms with Crippen LogP contribution in [0.1, 0.15) is 10.4 Å². The third-order valence-corrected chi connectivity index (χ3v) is 3.83. The molecule has 0 aromatic heterocycles. The van der Waals surface area contributed by atoms with Gasteiger partial charge in [-0.05, 0) is 18.2 Å². The monoisotopic (exact) mass is 314 g/mol. The molecule has 0 aliphatic carbocycles. The van der Waals surface area contributed by atoms with Gasteiger partial charge in [-0.2, -0.15) is 0 Å². The molecule has 1 saturated heterocycles. The number of rotatable bonds is 4. The lowest BCUT2D eigenvalue weighted by molar-refractivity contribution is -0.130. The Morgan fingerprint density at radius 1 is 1.45 bits per heavy atom. The van der Waals surface area contributed by atoms with Crippen LogP contribution < -0.4 is 5.32 Å². The topological polar surface area (TPSA) is 86.7 Å². The lowest BCUT2D eigenvalue weighted by atomic mass is 10.2. The van der Waals surface area contributed by atoms with Gasteiger partial charge in [0.15, 0.2) is 0 Å². The second kappa shape index (κ2) is 6.15. The maximum absolute atomic E-state index is 11.8. The first-order chi connectivity index (χ1) is 9.47. The minimum atomic E-state index is -1.18. The fourth-order valence-corrected chi connectivity index (χ4v) is 2.78. The van der Waals surface area contributed by atoms with Crippen LogP contribution >= 0.6 is 23.4 Å². The standard InChI is InChI=1S/C12H11ClN2O4S/c13-7-1-2-9(8(3-7)12(18)19)14-10(16)4-15-6-20-5-11(15)17/h1-3H,4-6H2,(H,14,16)(H,18,19). The van der Waals surface area contributed by atoms with Gasteiger partial charge in [-0.25, -0.2) is 4.79 Å². The summed E-state index contributed by atoms with van der Waals surface area (Å²) in [4.78, 5) is 35.7. The van der Waals surface area contributed by atoms with E-state index in [1.54, 1.807) is 0 Å². The fraction of sp³-hybridized carbons (Fsp3) is 0.250. The molecular formula is C12H11ClN2O4S. The Hall–Kier alpha value is -1.73. The minimum absolute atomic E-state index is 0.0898. The second-order valence-electron chi connectivity index (χ2n) is 4.11. The van der Waals surface area contributed by atoms with Crippen molar-refractivity contribution in [3.8, 4) is 0 Å². The summed E-state index contributed by atoms with van der Waals surface area (Å²) in [5, 5.41) is 11.8. The normalized spacial score (nSPS) is 14.4. The maximum atomic E-state index is 11.8. The molecule has 2 N–H and O–H groups in total. The van der Waals surface area contributed by atoms with E-state index < -0.39 is 11.9 Å². The van der Waals surface area contributed by atoms with E-state index in [9.17, 15) is 14.4 Å². The van der Waals surface area contributed by atoms with Gasteiger partial charge in [0, 0.05) is 5.02 Å². The highest BCUT2D eigenvalue weighted by Crippen LogP contribution is 2.21. The zero-order valence-corrected chi connectivity index (χ0v) is 11.8. The van der Waals surface area contributed by atoms with E-state index in [1.165, 1.54) is 34.9 Å². The number of carbonyl (C=O) groups is 3. The van der Waals surface area contributed by atoms with Crippen molar-refractivity contribution in [2.45, 2.75) is 0 Å². The number of hydrogen-bond acceptors (Lipinski definition) is 4. The lowest BCUT2D eigenvalue weighted by Crippen LogP contribution is -2.34. The van der Waals surface area contributed by atoms with Crippen molar-refractivity contribution in [1.29, 1.82) is 0 Å². The zero-order chi connectivity index (χ0) is 14.7. The first-order valence-corrected chi connectivity index (χ1v) is 7.19. The van der Waals surface area contributed by atoms with Crippen LogP contribution in [0.4, 0.5) is 5.69 Å². The number of hydrogen-bond donors (Lipinski definition) is 2. The largest absolute Gasteiger partial charge is 0.478 e. The number of aromatic carboxylic acids is 1. The predicted octanol–water partition coefficient (Wildman–Crippen LogP) is 1.51. The van der Waals surface area contributed by atoms with Crippen LogP contribution in [0.2, 0.25) is 5.02 Å². The van der Waals surface area contributed by atoms with Crippen molar-refractivity contribution in [1.82, 2.24) is 4.90 Å². The van der Waals surface area contributed by atoms with Crippen molar-refractivity contribution in [3.05, 3.63) is 28.8 Å². The van der Waals surface area contributed by atoms with Crippen molar-refractivity contribution >= 4 is 46.8 Å². The van der Waals surface area contributed by atoms with Crippen LogP contribution in [0.25, 0.3) is 0 Å². The van der Waals surface area contributed by atoms with Gasteiger partial charge >= 0.3 is 5.97 Å². The maximum Gasteiger partial charge on any atom is 0.337 e. The van der Waals surface area contributed by atoms with E-state index in [4.69, 9.17) is 16.7 Å². The van der Waals surface area contributed by atoms with Gasteiger partial charge in [0.1, 0.15) is 6.54 Å². The molecule has 0 atom stereocenters. The summed E-state index contributed by atoms with van der Waals surface area (Å²) in [5.41, 5.74) is 0.0687. The number of benzene rings is 1. The Labute approximate surface area is 124 Å². The SMILES string of the molecule is O=C(CN1CSCC1=O)Nc1ccc(Cl)cc1C(=O)O. The first kappa shape index (κ1) is 14.7. The summed E-state index contributed by atoms with van der Waals surface area (Å²) >= 11 is 7.16. The molecule has 1 fully saturated rings. The average Bonchev–Trinajstić information content (AvgIpc) is 2.77. The third-order valence-electron chi connectivity index (χ3n) is 2.65. The van der Waals surface area contributed by atoms with Gasteiger partial charge in [-0.15, -0.1) is 11.8 Å². The molecular weight excluding hydrogens is 304 g/mol. The van der Waals surface area contributed by atoms with Gasteiger partial charge < -0.3 is 15.3 Å². The van der Waals surface area contributed by atoms with E-state index in [0.29, 0.717) is 11.6 Å². The smallest absolute Gasteiger partial charge is 0.337 e. The summed E-state index contributed by atoms with van der Waals surface area (Å²) in [6.45, 7) is -0.0898. The van der Waals surface area contributed by atoms with Gasteiger partial charge in [-0.1, -0.05) is 11.6 Å². The highest BCUT2D eigenvalue weighted by Gasteiger charge is 2.23. The molecule has 20 heavy (non-hydrogen) atoms. The molecule has 0 bridgehead atoms. The fourth-order valence-electron chi connectivity index (χ4n) is 1.71. The Balaban J connectivity index is 2.07. The summed E-state index contributed by atoms with van der Waals surface area (Å²) in [6, 6.07) is 4.17. The zero-order valence-electron chi connectivity index (χ0n) is 10.3. The van der Waals surface area contributed by atoms with Crippen LogP contribution in [0, 0.1) is 0 Å². The molecule has 0 spiro atoms. The van der Waals surface area contributed by atoms with E-state index in [0.717, 1.165) is 0 Å². The molecule has 106 valence electrons. The summed E-state index contributed by atoms with van der Waals surface area (Å²) in [6.07, 6.45) is 0. The Morgan fingerprint density at radius 3 is 2.80 bits per heavy atom. The van der Waals surface area contributed by atoms with Gasteiger partial charge in [0.2, 0.25) is 11.8 Å². The van der Waals surface area contributed by atoms with E-state index in [1.807, 2.05) is 0 Å². The Bertz CT molecular complexity index is 579. The van der Waals surface area contributed by atoms with Crippen molar-refractivity contribution < 1.29 is 19.5 Å². The number of carboxylic acids is 1. The Morgan fingerprint density at radius 2 is 2.20 bits per heavy atom. The van der Waals surface area contributed by atoms with Crippen molar-refractivity contribution in [2.24, 2.45) is 0 Å². The number of carbonyl (C=O) groups excluding carboxylic acids is 2. The van der Waals surface area contributed by atoms with E-state index in [2.05, 4.69) is 5.32 Å². The number of thioether (sulfide) groups is 1. The predicted molar refractivity (Wildman–Crippen MR) is 76.1 cm³/mol. The molecule has 1 aliphatic rings. The minimum Gasteiger partial charge on any atom is -0.478 e. The van der Waals surface area contributed by atoms with Crippen LogP contribution in [0.5, 0.6) is 0 Å². The molecule has 1 aromatic carbocycles. The molecule has 2 amide bonds. The van der Waals surface area contributed by atoms with E-state index >= 15 is 0 Å². The van der Waals surface area contributed by atoms with Crippen molar-refractivity contribution in [3.63, 3.8) is 0 Å². The molecule has 1 aromatic rings. The van der Waals surface area contributed by atoms with Crippen LogP contribution in [0.15, 0.2) is 18.2 Å². The summed E-state index contributed by atoms with van der Waals surface area (Å²) in [5.74, 6) is -0.881. The highest BCUT2D eigenvalue weighted by molar-refractivity contribution is 8.00. The molecule has 6 nitrogen and oxygen atoms in total. The number of anilines is 1. The molecule has 0 radical (unpaired) electrons. The molecule has 1 aliphatic heterocycles. The number of amides is 2. The first-order valence-electron chi connectivity index (χ1n) is 5.65. The van der Waals surface area contributed by atoms with Gasteiger partial charge in [-0.3, -0.25) is 9.59 Å². The van der Waals surface area contributed by atoms with Gasteiger partial charge in [0.25, 0.3) is 0 Å².